The molecular weight excluding hydrogens is 260 g/mol. The Morgan fingerprint density at radius 2 is 1.62 bits per heavy atom. The zero-order valence-corrected chi connectivity index (χ0v) is 11.5. The highest BCUT2D eigenvalue weighted by Gasteiger charge is 2.08. The third-order valence-electron chi connectivity index (χ3n) is 3.52. The maximum Gasteiger partial charge on any atom is 0.252 e. The zero-order valence-electron chi connectivity index (χ0n) is 11.5. The molecule has 0 heterocycles. The van der Waals surface area contributed by atoms with Gasteiger partial charge in [-0.05, 0) is 45.8 Å². The molecule has 0 radical (unpaired) electrons. The number of hydrogen-bond acceptors (Lipinski definition) is 2. The van der Waals surface area contributed by atoms with Crippen LogP contribution in [0.1, 0.15) is 10.4 Å². The number of fused-ring (bicyclic) bond motifs is 2. The van der Waals surface area contributed by atoms with Crippen LogP contribution in [-0.4, -0.2) is 12.1 Å². The minimum absolute atomic E-state index is 0.197. The first-order chi connectivity index (χ1) is 10.2. The monoisotopic (exact) mass is 276 g/mol. The molecule has 21 heavy (non-hydrogen) atoms. The SMILES string of the molecule is C=CC(N)NC(=O)c1ccc2cc3ccccc3cc2c1. The van der Waals surface area contributed by atoms with Gasteiger partial charge < -0.3 is 11.1 Å². The van der Waals surface area contributed by atoms with Crippen molar-refractivity contribution in [3.05, 3.63) is 72.8 Å². The van der Waals surface area contributed by atoms with E-state index in [-0.39, 0.29) is 5.91 Å². The van der Waals surface area contributed by atoms with Gasteiger partial charge in [-0.25, -0.2) is 0 Å². The fraction of sp³-hybridized carbons (Fsp3) is 0.0556. The van der Waals surface area contributed by atoms with E-state index in [1.54, 1.807) is 0 Å². The molecule has 3 rings (SSSR count). The molecule has 0 aromatic heterocycles. The van der Waals surface area contributed by atoms with Crippen molar-refractivity contribution in [2.75, 3.05) is 0 Å². The second-order valence-electron chi connectivity index (χ2n) is 5.00. The fourth-order valence-electron chi connectivity index (χ4n) is 2.37. The summed E-state index contributed by atoms with van der Waals surface area (Å²) < 4.78 is 0. The molecule has 0 aliphatic carbocycles. The van der Waals surface area contributed by atoms with E-state index in [4.69, 9.17) is 5.73 Å². The summed E-state index contributed by atoms with van der Waals surface area (Å²) in [6, 6.07) is 18.0. The summed E-state index contributed by atoms with van der Waals surface area (Å²) in [7, 11) is 0. The Morgan fingerprint density at radius 1 is 1.00 bits per heavy atom. The van der Waals surface area contributed by atoms with Crippen LogP contribution in [0.25, 0.3) is 21.5 Å². The first-order valence-electron chi connectivity index (χ1n) is 6.79. The number of nitrogens with two attached hydrogens (primary N) is 1. The van der Waals surface area contributed by atoms with E-state index in [0.717, 1.165) is 16.2 Å². The standard InChI is InChI=1S/C18H16N2O/c1-2-17(19)20-18(21)15-8-7-14-9-12-5-3-4-6-13(12)10-16(14)11-15/h2-11,17H,1,19H2,(H,20,21). The Bertz CT molecular complexity index is 839. The van der Waals surface area contributed by atoms with Crippen molar-refractivity contribution in [2.45, 2.75) is 6.17 Å². The van der Waals surface area contributed by atoms with Crippen molar-refractivity contribution in [1.82, 2.24) is 5.32 Å². The average molecular weight is 276 g/mol. The van der Waals surface area contributed by atoms with Gasteiger partial charge >= 0.3 is 0 Å². The average Bonchev–Trinajstić information content (AvgIpc) is 2.52. The molecule has 3 nitrogen and oxygen atoms in total. The van der Waals surface area contributed by atoms with Crippen molar-refractivity contribution < 1.29 is 4.79 Å². The van der Waals surface area contributed by atoms with E-state index >= 15 is 0 Å². The lowest BCUT2D eigenvalue weighted by Crippen LogP contribution is -2.39. The van der Waals surface area contributed by atoms with Gasteiger partial charge in [0.2, 0.25) is 0 Å². The highest BCUT2D eigenvalue weighted by Crippen LogP contribution is 2.23. The molecule has 0 bridgehead atoms. The van der Waals surface area contributed by atoms with Crippen molar-refractivity contribution >= 4 is 27.5 Å². The van der Waals surface area contributed by atoms with Gasteiger partial charge in [0, 0.05) is 5.56 Å². The summed E-state index contributed by atoms with van der Waals surface area (Å²) in [4.78, 5) is 12.1. The predicted molar refractivity (Wildman–Crippen MR) is 87.1 cm³/mol. The van der Waals surface area contributed by atoms with Crippen LogP contribution in [0.15, 0.2) is 67.3 Å². The lowest BCUT2D eigenvalue weighted by atomic mass is 10.0. The Labute approximate surface area is 123 Å². The number of carbonyl (C=O) groups is 1. The number of rotatable bonds is 3. The summed E-state index contributed by atoms with van der Waals surface area (Å²) in [6.07, 6.45) is 0.955. The van der Waals surface area contributed by atoms with Crippen LogP contribution in [0, 0.1) is 0 Å². The maximum atomic E-state index is 12.1. The number of carbonyl (C=O) groups excluding carboxylic acids is 1. The van der Waals surface area contributed by atoms with Crippen molar-refractivity contribution in [1.29, 1.82) is 0 Å². The molecule has 0 fully saturated rings. The normalized spacial score (nSPS) is 12.2. The first-order valence-corrected chi connectivity index (χ1v) is 6.79. The lowest BCUT2D eigenvalue weighted by molar-refractivity contribution is 0.0945. The maximum absolute atomic E-state index is 12.1. The van der Waals surface area contributed by atoms with Gasteiger partial charge in [-0.2, -0.15) is 0 Å². The molecule has 0 aliphatic heterocycles. The van der Waals surface area contributed by atoms with Crippen LogP contribution in [0.5, 0.6) is 0 Å². The summed E-state index contributed by atoms with van der Waals surface area (Å²) in [5, 5.41) is 7.16. The lowest BCUT2D eigenvalue weighted by Gasteiger charge is -2.10. The van der Waals surface area contributed by atoms with Crippen molar-refractivity contribution in [2.24, 2.45) is 5.73 Å². The minimum Gasteiger partial charge on any atom is -0.333 e. The first kappa shape index (κ1) is 13.3. The smallest absolute Gasteiger partial charge is 0.252 e. The molecule has 1 atom stereocenters. The van der Waals surface area contributed by atoms with Gasteiger partial charge in [0.1, 0.15) is 0 Å². The minimum atomic E-state index is -0.537. The Balaban J connectivity index is 2.04. The van der Waals surface area contributed by atoms with Crippen molar-refractivity contribution in [3.63, 3.8) is 0 Å². The summed E-state index contributed by atoms with van der Waals surface area (Å²) >= 11 is 0. The fourth-order valence-corrected chi connectivity index (χ4v) is 2.37. The molecule has 3 heteroatoms. The summed E-state index contributed by atoms with van der Waals surface area (Å²) in [5.41, 5.74) is 6.24. The van der Waals surface area contributed by atoms with Crippen LogP contribution >= 0.6 is 0 Å². The molecular formula is C18H16N2O. The van der Waals surface area contributed by atoms with Gasteiger partial charge in [0.15, 0.2) is 0 Å². The third-order valence-corrected chi connectivity index (χ3v) is 3.52. The predicted octanol–water partition coefficient (Wildman–Crippen LogP) is 3.19. The highest BCUT2D eigenvalue weighted by molar-refractivity contribution is 6.03. The molecule has 0 spiro atoms. The molecule has 3 aromatic carbocycles. The van der Waals surface area contributed by atoms with Gasteiger partial charge in [-0.1, -0.05) is 43.0 Å². The molecule has 104 valence electrons. The summed E-state index contributed by atoms with van der Waals surface area (Å²) in [5.74, 6) is -0.197. The van der Waals surface area contributed by atoms with E-state index in [0.29, 0.717) is 5.56 Å². The third kappa shape index (κ3) is 2.64. The molecule has 0 saturated heterocycles. The Hall–Kier alpha value is -2.65. The van der Waals surface area contributed by atoms with Crippen molar-refractivity contribution in [3.8, 4) is 0 Å². The number of benzene rings is 3. The second kappa shape index (κ2) is 5.38. The van der Waals surface area contributed by atoms with Gasteiger partial charge in [-0.15, -0.1) is 0 Å². The van der Waals surface area contributed by atoms with E-state index in [1.165, 1.54) is 11.5 Å². The van der Waals surface area contributed by atoms with Crippen LogP contribution in [0.2, 0.25) is 0 Å². The molecule has 0 saturated carbocycles. The molecule has 1 unspecified atom stereocenters. The van der Waals surface area contributed by atoms with Crippen LogP contribution in [0.4, 0.5) is 0 Å². The van der Waals surface area contributed by atoms with E-state index < -0.39 is 6.17 Å². The van der Waals surface area contributed by atoms with Crippen LogP contribution in [0.3, 0.4) is 0 Å². The van der Waals surface area contributed by atoms with Gasteiger partial charge in [0.25, 0.3) is 5.91 Å². The van der Waals surface area contributed by atoms with Crippen LogP contribution < -0.4 is 11.1 Å². The largest absolute Gasteiger partial charge is 0.333 e. The molecule has 0 aliphatic rings. The highest BCUT2D eigenvalue weighted by atomic mass is 16.1. The Morgan fingerprint density at radius 3 is 2.29 bits per heavy atom. The number of amides is 1. The number of hydrogen-bond donors (Lipinski definition) is 2. The van der Waals surface area contributed by atoms with Gasteiger partial charge in [0.05, 0.1) is 6.17 Å². The molecule has 3 N–H and O–H groups in total. The zero-order chi connectivity index (χ0) is 14.8. The molecule has 3 aromatic rings. The second-order valence-corrected chi connectivity index (χ2v) is 5.00. The quantitative estimate of drug-likeness (QED) is 0.438. The number of nitrogens with one attached hydrogen (secondary N) is 1. The van der Waals surface area contributed by atoms with E-state index in [9.17, 15) is 4.79 Å². The van der Waals surface area contributed by atoms with E-state index in [1.807, 2.05) is 30.3 Å². The Kier molecular flexibility index (Phi) is 3.42. The van der Waals surface area contributed by atoms with E-state index in [2.05, 4.69) is 36.2 Å². The van der Waals surface area contributed by atoms with Crippen LogP contribution in [-0.2, 0) is 0 Å². The van der Waals surface area contributed by atoms with Gasteiger partial charge in [-0.3, -0.25) is 4.79 Å². The topological polar surface area (TPSA) is 55.1 Å². The summed E-state index contributed by atoms with van der Waals surface area (Å²) in [6.45, 7) is 3.55. The molecule has 1 amide bonds.